The Labute approximate surface area is 92.6 Å². The molecule has 0 aromatic rings. The van der Waals surface area contributed by atoms with Gasteiger partial charge in [0.1, 0.15) is 0 Å². The second-order valence-corrected chi connectivity index (χ2v) is 34.9. The summed E-state index contributed by atoms with van der Waals surface area (Å²) in [6, 6.07) is 0. The van der Waals surface area contributed by atoms with Gasteiger partial charge >= 0.3 is 54.7 Å². The third-order valence-corrected chi connectivity index (χ3v) is 57.2. The van der Waals surface area contributed by atoms with E-state index >= 15 is 0 Å². The van der Waals surface area contributed by atoms with E-state index in [1.165, 1.54) is 6.42 Å². The molecule has 0 bridgehead atoms. The molecule has 96 valence electrons. The first-order valence-electron chi connectivity index (χ1n) is 7.90. The topological polar surface area (TPSA) is 20.2 Å². The number of hydrogen-bond donors (Lipinski definition) is 1. The SMILES string of the molecule is CCCCCO.[CH]12[CH]3[CH]4[CH]5[CH]1[Fe]23451678[CH]2[CH]1[CH]6[CH]7[CH]28. The summed E-state index contributed by atoms with van der Waals surface area (Å²) in [4.78, 5) is 15.9. The van der Waals surface area contributed by atoms with Gasteiger partial charge in [-0.3, -0.25) is 0 Å². The third kappa shape index (κ3) is 0.0834. The van der Waals surface area contributed by atoms with Crippen molar-refractivity contribution in [2.24, 2.45) is 0 Å². The summed E-state index contributed by atoms with van der Waals surface area (Å²) in [5, 5.41) is 8.20. The van der Waals surface area contributed by atoms with Crippen molar-refractivity contribution in [3.63, 3.8) is 0 Å². The van der Waals surface area contributed by atoms with Gasteiger partial charge < -0.3 is 5.11 Å². The molecule has 0 saturated carbocycles. The molecule has 0 amide bonds. The van der Waals surface area contributed by atoms with Crippen LogP contribution in [0, 0.1) is 0 Å². The van der Waals surface area contributed by atoms with Crippen LogP contribution in [-0.4, -0.2) is 11.7 Å². The summed E-state index contributed by atoms with van der Waals surface area (Å²) in [7, 11) is 0. The van der Waals surface area contributed by atoms with Crippen molar-refractivity contribution >= 4 is 0 Å². The molecule has 0 atom stereocenters. The predicted octanol–water partition coefficient (Wildman–Crippen LogP) is 4.54. The number of rotatable bonds is 3. The van der Waals surface area contributed by atoms with Gasteiger partial charge in [-0.2, -0.15) is 0 Å². The van der Waals surface area contributed by atoms with E-state index < -0.39 is 6.51 Å². The minimum atomic E-state index is -2.28. The van der Waals surface area contributed by atoms with Gasteiger partial charge in [-0.15, -0.1) is 0 Å². The molecule has 0 aromatic heterocycles. The van der Waals surface area contributed by atoms with Crippen molar-refractivity contribution in [2.45, 2.75) is 74.3 Å². The standard InChI is InChI=1S/C5H12O.2C5H5.Fe/c1-2-3-4-5-6;2*1-2-4-5-3-1;/h6H,2-5H2,1H3;2*1-5H;. The maximum atomic E-state index is 8.20. The van der Waals surface area contributed by atoms with Crippen LogP contribution in [0.5, 0.6) is 0 Å². The molecule has 2 heteroatoms. The fourth-order valence-electron chi connectivity index (χ4n) is 16.2. The van der Waals surface area contributed by atoms with Crippen LogP contribution in [0.15, 0.2) is 0 Å². The molecule has 0 unspecified atom stereocenters. The van der Waals surface area contributed by atoms with E-state index in [2.05, 4.69) is 6.92 Å². The summed E-state index contributed by atoms with van der Waals surface area (Å²) in [5.74, 6) is 0. The second-order valence-electron chi connectivity index (χ2n) is 11.0. The van der Waals surface area contributed by atoms with Crippen molar-refractivity contribution in [2.75, 3.05) is 6.61 Å². The molecule has 17 heavy (non-hydrogen) atoms. The molecule has 1 nitrogen and oxygen atoms in total. The maximum absolute atomic E-state index is 8.20. The van der Waals surface area contributed by atoms with E-state index in [0.29, 0.717) is 6.61 Å². The van der Waals surface area contributed by atoms with Crippen LogP contribution in [0.1, 0.15) is 26.2 Å². The Bertz CT molecular complexity index is 636. The summed E-state index contributed by atoms with van der Waals surface area (Å²) in [6.07, 6.45) is 3.33. The molecular weight excluding hydrogens is 252 g/mol. The molecule has 10 rings (SSSR count). The van der Waals surface area contributed by atoms with Crippen molar-refractivity contribution in [1.82, 2.24) is 0 Å². The van der Waals surface area contributed by atoms with Crippen molar-refractivity contribution < 1.29 is 11.6 Å². The van der Waals surface area contributed by atoms with Crippen LogP contribution < -0.4 is 0 Å². The van der Waals surface area contributed by atoms with E-state index in [1.807, 2.05) is 0 Å². The van der Waals surface area contributed by atoms with E-state index in [4.69, 9.17) is 5.11 Å². The Hall–Kier alpha value is 0.479. The number of unbranched alkanes of at least 4 members (excludes halogenated alkanes) is 2. The Morgan fingerprint density at radius 2 is 1.06 bits per heavy atom. The number of aliphatic hydroxyl groups excluding tert-OH is 1. The molecular formula is C15H22FeO. The number of hydrogen-bond acceptors (Lipinski definition) is 1. The Morgan fingerprint density at radius 3 is 1.12 bits per heavy atom. The van der Waals surface area contributed by atoms with Crippen LogP contribution in [0.3, 0.4) is 0 Å². The average Bonchev–Trinajstić information content (AvgIpc) is 3.30. The van der Waals surface area contributed by atoms with Crippen molar-refractivity contribution in [3.05, 3.63) is 0 Å². The van der Waals surface area contributed by atoms with Gasteiger partial charge in [0.25, 0.3) is 0 Å². The molecule has 10 fully saturated rings. The zero-order valence-corrected chi connectivity index (χ0v) is 11.5. The predicted molar refractivity (Wildman–Crippen MR) is 64.1 cm³/mol. The van der Waals surface area contributed by atoms with Gasteiger partial charge in [0.15, 0.2) is 0 Å². The Balaban J connectivity index is 0.0000000947. The van der Waals surface area contributed by atoms with Crippen molar-refractivity contribution in [1.29, 1.82) is 0 Å². The first kappa shape index (κ1) is 7.31. The summed E-state index contributed by atoms with van der Waals surface area (Å²) in [5.41, 5.74) is 0. The summed E-state index contributed by atoms with van der Waals surface area (Å²) >= 11 is 0. The average molecular weight is 274 g/mol. The van der Waals surface area contributed by atoms with Gasteiger partial charge in [-0.25, -0.2) is 0 Å². The molecule has 10 heterocycles. The quantitative estimate of drug-likeness (QED) is 0.591. The Morgan fingerprint density at radius 1 is 0.706 bits per heavy atom. The van der Waals surface area contributed by atoms with Crippen LogP contribution in [0.25, 0.3) is 0 Å². The second kappa shape index (κ2) is 0.625. The summed E-state index contributed by atoms with van der Waals surface area (Å²) in [6.45, 7) is 0.192. The molecule has 10 aliphatic rings. The molecule has 0 radical (unpaired) electrons. The van der Waals surface area contributed by atoms with Gasteiger partial charge in [0.05, 0.1) is 0 Å². The number of fused-ring (bicyclic) bond motifs is 10. The normalized spacial score (nSPS) is 114. The van der Waals surface area contributed by atoms with Crippen LogP contribution in [-0.2, 0) is 6.51 Å². The first-order chi connectivity index (χ1) is 8.07. The van der Waals surface area contributed by atoms with Gasteiger partial charge in [-0.05, 0) is 6.42 Å². The van der Waals surface area contributed by atoms with Crippen LogP contribution in [0.4, 0.5) is 0 Å². The molecule has 0 aromatic carbocycles. The molecule has 10 aliphatic heterocycles. The van der Waals surface area contributed by atoms with E-state index in [-0.39, 0.29) is 0 Å². The molecule has 1 spiro atoms. The van der Waals surface area contributed by atoms with Crippen molar-refractivity contribution in [3.8, 4) is 0 Å². The minimum absolute atomic E-state index is 0.355. The fraction of sp³-hybridized carbons (Fsp3) is 1.00. The van der Waals surface area contributed by atoms with E-state index in [1.54, 1.807) is 48.2 Å². The first-order valence-corrected chi connectivity index (χ1v) is 14.3. The molecule has 1 N–H and O–H groups in total. The molecule has 0 aliphatic carbocycles. The van der Waals surface area contributed by atoms with E-state index in [0.717, 1.165) is 12.8 Å². The summed E-state index contributed by atoms with van der Waals surface area (Å²) < 4.78 is 0. The third-order valence-electron chi connectivity index (χ3n) is 15.3. The van der Waals surface area contributed by atoms with Gasteiger partial charge in [0, 0.05) is 6.61 Å². The number of aliphatic hydroxyl groups is 1. The fourth-order valence-corrected chi connectivity index (χ4v) is 88.4. The van der Waals surface area contributed by atoms with E-state index in [9.17, 15) is 0 Å². The van der Waals surface area contributed by atoms with Gasteiger partial charge in [0.2, 0.25) is 0 Å². The monoisotopic (exact) mass is 274 g/mol. The molecule has 10 saturated heterocycles. The van der Waals surface area contributed by atoms with Crippen LogP contribution in [0.2, 0.25) is 48.2 Å². The Kier molecular flexibility index (Phi) is 0.269. The zero-order valence-electron chi connectivity index (χ0n) is 10.4. The van der Waals surface area contributed by atoms with Gasteiger partial charge in [-0.1, -0.05) is 19.8 Å². The van der Waals surface area contributed by atoms with Crippen LogP contribution >= 0.6 is 0 Å². The zero-order chi connectivity index (χ0) is 10.9.